The fourth-order valence-corrected chi connectivity index (χ4v) is 3.86. The van der Waals surface area contributed by atoms with Gasteiger partial charge in [-0.2, -0.15) is 5.10 Å². The van der Waals surface area contributed by atoms with E-state index in [0.29, 0.717) is 17.9 Å². The molecule has 0 unspecified atom stereocenters. The van der Waals surface area contributed by atoms with Gasteiger partial charge in [0.1, 0.15) is 0 Å². The molecular weight excluding hydrogens is 440 g/mol. The second-order valence-electron chi connectivity index (χ2n) is 8.29. The molecule has 4 rings (SSSR count). The molecule has 176 valence electrons. The lowest BCUT2D eigenvalue weighted by Crippen LogP contribution is -2.27. The summed E-state index contributed by atoms with van der Waals surface area (Å²) >= 11 is 0. The number of carbonyl (C=O) groups is 3. The summed E-state index contributed by atoms with van der Waals surface area (Å²) in [6, 6.07) is 23.8. The van der Waals surface area contributed by atoms with Crippen LogP contribution in [-0.4, -0.2) is 27.4 Å². The van der Waals surface area contributed by atoms with Gasteiger partial charge in [0.2, 0.25) is 0 Å². The zero-order valence-corrected chi connectivity index (χ0v) is 19.8. The lowest BCUT2D eigenvalue weighted by atomic mass is 10.1. The minimum atomic E-state index is -0.831. The smallest absolute Gasteiger partial charge is 0.296 e. The van der Waals surface area contributed by atoms with Gasteiger partial charge in [-0.25, -0.2) is 4.68 Å². The fourth-order valence-electron chi connectivity index (χ4n) is 3.86. The molecule has 0 atom stereocenters. The number of benzene rings is 3. The predicted molar refractivity (Wildman–Crippen MR) is 135 cm³/mol. The molecule has 7 nitrogen and oxygen atoms in total. The summed E-state index contributed by atoms with van der Waals surface area (Å²) in [5.74, 6) is -1.89. The third-order valence-corrected chi connectivity index (χ3v) is 5.72. The molecule has 1 aromatic heterocycles. The SMILES string of the molecule is Cc1ccc(CNC(=O)c2ccccc2NC(=O)C(=O)c2c(C)nn(-c3ccccc3)c2C)cc1. The van der Waals surface area contributed by atoms with Crippen molar-refractivity contribution >= 4 is 23.3 Å². The highest BCUT2D eigenvalue weighted by atomic mass is 16.2. The zero-order valence-electron chi connectivity index (χ0n) is 19.8. The maximum Gasteiger partial charge on any atom is 0.296 e. The number of ketones is 1. The molecule has 35 heavy (non-hydrogen) atoms. The van der Waals surface area contributed by atoms with E-state index in [1.54, 1.807) is 42.8 Å². The summed E-state index contributed by atoms with van der Waals surface area (Å²) < 4.78 is 1.64. The van der Waals surface area contributed by atoms with Crippen LogP contribution in [0.4, 0.5) is 5.69 Å². The minimum absolute atomic E-state index is 0.243. The number of aryl methyl sites for hydroxylation is 2. The van der Waals surface area contributed by atoms with Gasteiger partial charge < -0.3 is 10.6 Å². The molecule has 1 heterocycles. The Morgan fingerprint density at radius 3 is 2.20 bits per heavy atom. The van der Waals surface area contributed by atoms with Gasteiger partial charge in [-0.3, -0.25) is 14.4 Å². The molecule has 0 aliphatic rings. The minimum Gasteiger partial charge on any atom is -0.348 e. The molecule has 0 saturated heterocycles. The number of hydrogen-bond donors (Lipinski definition) is 2. The Labute approximate surface area is 203 Å². The number of Topliss-reactive ketones (excluding diaryl/α,β-unsaturated/α-hetero) is 1. The second kappa shape index (κ2) is 10.2. The quantitative estimate of drug-likeness (QED) is 0.309. The maximum atomic E-state index is 13.1. The van der Waals surface area contributed by atoms with Crippen LogP contribution < -0.4 is 10.6 Å². The van der Waals surface area contributed by atoms with Crippen molar-refractivity contribution in [3.05, 3.63) is 113 Å². The first-order valence-electron chi connectivity index (χ1n) is 11.2. The molecule has 2 amide bonds. The molecule has 4 aromatic rings. The first kappa shape index (κ1) is 23.6. The van der Waals surface area contributed by atoms with Crippen molar-refractivity contribution in [2.45, 2.75) is 27.3 Å². The number of hydrogen-bond acceptors (Lipinski definition) is 4. The fraction of sp³-hybridized carbons (Fsp3) is 0.143. The van der Waals surface area contributed by atoms with E-state index in [9.17, 15) is 14.4 Å². The molecule has 0 aliphatic heterocycles. The number of carbonyl (C=O) groups excluding carboxylic acids is 3. The average Bonchev–Trinajstić information content (AvgIpc) is 3.17. The third-order valence-electron chi connectivity index (χ3n) is 5.72. The summed E-state index contributed by atoms with van der Waals surface area (Å²) in [5, 5.41) is 9.92. The van der Waals surface area contributed by atoms with E-state index < -0.39 is 11.7 Å². The van der Waals surface area contributed by atoms with E-state index in [0.717, 1.165) is 16.8 Å². The number of amides is 2. The van der Waals surface area contributed by atoms with Crippen LogP contribution in [0.3, 0.4) is 0 Å². The topological polar surface area (TPSA) is 93.1 Å². The highest BCUT2D eigenvalue weighted by Crippen LogP contribution is 2.20. The van der Waals surface area contributed by atoms with Crippen molar-refractivity contribution in [2.75, 3.05) is 5.32 Å². The van der Waals surface area contributed by atoms with Crippen LogP contribution in [0.1, 0.15) is 43.2 Å². The number of aromatic nitrogens is 2. The first-order valence-corrected chi connectivity index (χ1v) is 11.2. The number of nitrogens with zero attached hydrogens (tertiary/aromatic N) is 2. The molecule has 0 radical (unpaired) electrons. The Morgan fingerprint density at radius 2 is 1.49 bits per heavy atom. The second-order valence-corrected chi connectivity index (χ2v) is 8.29. The molecule has 3 aromatic carbocycles. The van der Waals surface area contributed by atoms with Crippen molar-refractivity contribution < 1.29 is 14.4 Å². The van der Waals surface area contributed by atoms with Crippen LogP contribution in [-0.2, 0) is 11.3 Å². The monoisotopic (exact) mass is 466 g/mol. The summed E-state index contributed by atoms with van der Waals surface area (Å²) in [6.45, 7) is 5.79. The standard InChI is InChI=1S/C28H26N4O3/c1-18-13-15-21(16-14-18)17-29-27(34)23-11-7-8-12-24(23)30-28(35)26(33)25-19(2)31-32(20(25)3)22-9-5-4-6-10-22/h4-16H,17H2,1-3H3,(H,29,34)(H,30,35). The lowest BCUT2D eigenvalue weighted by molar-refractivity contribution is -0.112. The van der Waals surface area contributed by atoms with Crippen LogP contribution >= 0.6 is 0 Å². The summed E-state index contributed by atoms with van der Waals surface area (Å²) in [5.41, 5.74) is 4.69. The van der Waals surface area contributed by atoms with Gasteiger partial charge in [0.15, 0.2) is 0 Å². The normalized spacial score (nSPS) is 10.6. The van der Waals surface area contributed by atoms with E-state index in [1.165, 1.54) is 0 Å². The van der Waals surface area contributed by atoms with E-state index in [1.807, 2.05) is 61.5 Å². The average molecular weight is 467 g/mol. The number of anilines is 1. The summed E-state index contributed by atoms with van der Waals surface area (Å²) in [7, 11) is 0. The maximum absolute atomic E-state index is 13.1. The van der Waals surface area contributed by atoms with E-state index in [2.05, 4.69) is 15.7 Å². The summed E-state index contributed by atoms with van der Waals surface area (Å²) in [6.07, 6.45) is 0. The van der Waals surface area contributed by atoms with Gasteiger partial charge in [-0.1, -0.05) is 60.2 Å². The predicted octanol–water partition coefficient (Wildman–Crippen LogP) is 4.55. The van der Waals surface area contributed by atoms with Crippen LogP contribution in [0.2, 0.25) is 0 Å². The van der Waals surface area contributed by atoms with Crippen molar-refractivity contribution in [3.8, 4) is 5.69 Å². The highest BCUT2D eigenvalue weighted by Gasteiger charge is 2.26. The highest BCUT2D eigenvalue weighted by molar-refractivity contribution is 6.47. The van der Waals surface area contributed by atoms with Crippen molar-refractivity contribution in [1.29, 1.82) is 0 Å². The Kier molecular flexibility index (Phi) is 6.87. The molecule has 2 N–H and O–H groups in total. The van der Waals surface area contributed by atoms with Gasteiger partial charge in [0.25, 0.3) is 17.6 Å². The molecule has 0 aliphatic carbocycles. The Morgan fingerprint density at radius 1 is 0.829 bits per heavy atom. The Bertz CT molecular complexity index is 1390. The van der Waals surface area contributed by atoms with Crippen molar-refractivity contribution in [2.24, 2.45) is 0 Å². The molecule has 0 bridgehead atoms. The van der Waals surface area contributed by atoms with Gasteiger partial charge >= 0.3 is 0 Å². The number of para-hydroxylation sites is 2. The molecule has 7 heteroatoms. The van der Waals surface area contributed by atoms with Gasteiger partial charge in [-0.15, -0.1) is 0 Å². The molecular formula is C28H26N4O3. The zero-order chi connectivity index (χ0) is 24.9. The first-order chi connectivity index (χ1) is 16.8. The molecule has 0 saturated carbocycles. The third kappa shape index (κ3) is 5.19. The van der Waals surface area contributed by atoms with Crippen molar-refractivity contribution in [3.63, 3.8) is 0 Å². The van der Waals surface area contributed by atoms with E-state index in [-0.39, 0.29) is 22.7 Å². The van der Waals surface area contributed by atoms with Gasteiger partial charge in [0.05, 0.1) is 33.9 Å². The van der Waals surface area contributed by atoms with Gasteiger partial charge in [0, 0.05) is 6.54 Å². The molecule has 0 fully saturated rings. The largest absolute Gasteiger partial charge is 0.348 e. The molecule has 0 spiro atoms. The van der Waals surface area contributed by atoms with E-state index in [4.69, 9.17) is 0 Å². The van der Waals surface area contributed by atoms with Crippen LogP contribution in [0.25, 0.3) is 5.69 Å². The number of nitrogens with one attached hydrogen (secondary N) is 2. The van der Waals surface area contributed by atoms with E-state index >= 15 is 0 Å². The van der Waals surface area contributed by atoms with Gasteiger partial charge in [-0.05, 0) is 50.6 Å². The number of rotatable bonds is 7. The van der Waals surface area contributed by atoms with Crippen LogP contribution in [0, 0.1) is 20.8 Å². The summed E-state index contributed by atoms with van der Waals surface area (Å²) in [4.78, 5) is 38.8. The van der Waals surface area contributed by atoms with Crippen molar-refractivity contribution in [1.82, 2.24) is 15.1 Å². The Hall–Kier alpha value is -4.52. The van der Waals surface area contributed by atoms with Crippen LogP contribution in [0.5, 0.6) is 0 Å². The van der Waals surface area contributed by atoms with Crippen LogP contribution in [0.15, 0.2) is 78.9 Å². The Balaban J connectivity index is 1.51. The lowest BCUT2D eigenvalue weighted by Gasteiger charge is -2.11.